The Morgan fingerprint density at radius 2 is 2.12 bits per heavy atom. The molecular weight excluding hydrogens is 200 g/mol. The van der Waals surface area contributed by atoms with E-state index in [1.165, 1.54) is 25.7 Å². The van der Waals surface area contributed by atoms with Gasteiger partial charge >= 0.3 is 0 Å². The zero-order chi connectivity index (χ0) is 11.4. The summed E-state index contributed by atoms with van der Waals surface area (Å²) in [4.78, 5) is 11.5. The quantitative estimate of drug-likeness (QED) is 0.732. The van der Waals surface area contributed by atoms with E-state index in [1.807, 2.05) is 0 Å². The summed E-state index contributed by atoms with van der Waals surface area (Å²) in [5.41, 5.74) is 0. The SMILES string of the molecule is CC1CCCC(OCCC2CCCC2=O)C1. The summed E-state index contributed by atoms with van der Waals surface area (Å²) in [6.45, 7) is 3.11. The maximum Gasteiger partial charge on any atom is 0.136 e. The molecule has 2 aliphatic carbocycles. The summed E-state index contributed by atoms with van der Waals surface area (Å²) in [6.07, 6.45) is 9.57. The molecule has 0 heterocycles. The molecule has 2 saturated carbocycles. The minimum atomic E-state index is 0.320. The summed E-state index contributed by atoms with van der Waals surface area (Å²) in [6, 6.07) is 0. The molecule has 0 aromatic carbocycles. The third kappa shape index (κ3) is 3.31. The summed E-state index contributed by atoms with van der Waals surface area (Å²) < 4.78 is 5.91. The maximum atomic E-state index is 11.5. The fourth-order valence-electron chi connectivity index (χ4n) is 3.10. The number of rotatable bonds is 4. The Balaban J connectivity index is 1.62. The molecule has 2 rings (SSSR count). The van der Waals surface area contributed by atoms with Crippen molar-refractivity contribution in [2.45, 2.75) is 64.4 Å². The molecule has 0 amide bonds. The summed E-state index contributed by atoms with van der Waals surface area (Å²) in [5, 5.41) is 0. The number of carbonyl (C=O) groups is 1. The lowest BCUT2D eigenvalue weighted by Crippen LogP contribution is -2.23. The Labute approximate surface area is 98.7 Å². The topological polar surface area (TPSA) is 26.3 Å². The van der Waals surface area contributed by atoms with Gasteiger partial charge in [-0.25, -0.2) is 0 Å². The molecule has 0 aromatic rings. The van der Waals surface area contributed by atoms with Crippen molar-refractivity contribution in [3.63, 3.8) is 0 Å². The third-order valence-electron chi connectivity index (χ3n) is 4.14. The van der Waals surface area contributed by atoms with E-state index in [-0.39, 0.29) is 0 Å². The molecular formula is C14H24O2. The Hall–Kier alpha value is -0.370. The first kappa shape index (κ1) is 12.1. The van der Waals surface area contributed by atoms with Crippen LogP contribution in [-0.2, 0) is 9.53 Å². The van der Waals surface area contributed by atoms with Crippen LogP contribution in [0.5, 0.6) is 0 Å². The molecule has 0 aromatic heterocycles. The highest BCUT2D eigenvalue weighted by Crippen LogP contribution is 2.27. The Kier molecular flexibility index (Phi) is 4.39. The lowest BCUT2D eigenvalue weighted by molar-refractivity contribution is -0.121. The average Bonchev–Trinajstić information content (AvgIpc) is 2.65. The predicted octanol–water partition coefficient (Wildman–Crippen LogP) is 3.34. The molecule has 16 heavy (non-hydrogen) atoms. The molecule has 0 saturated heterocycles. The van der Waals surface area contributed by atoms with Crippen molar-refractivity contribution >= 4 is 5.78 Å². The van der Waals surface area contributed by atoms with Crippen molar-refractivity contribution in [2.75, 3.05) is 6.61 Å². The molecule has 2 nitrogen and oxygen atoms in total. The first-order chi connectivity index (χ1) is 7.75. The number of ether oxygens (including phenoxy) is 1. The van der Waals surface area contributed by atoms with E-state index in [9.17, 15) is 4.79 Å². The molecule has 0 bridgehead atoms. The van der Waals surface area contributed by atoms with E-state index in [0.29, 0.717) is 17.8 Å². The summed E-state index contributed by atoms with van der Waals surface area (Å²) in [5.74, 6) is 1.62. The zero-order valence-corrected chi connectivity index (χ0v) is 10.4. The van der Waals surface area contributed by atoms with Gasteiger partial charge in [0.1, 0.15) is 5.78 Å². The second-order valence-corrected chi connectivity index (χ2v) is 5.61. The van der Waals surface area contributed by atoms with E-state index >= 15 is 0 Å². The van der Waals surface area contributed by atoms with Crippen molar-refractivity contribution in [1.82, 2.24) is 0 Å². The number of hydrogen-bond acceptors (Lipinski definition) is 2. The Morgan fingerprint density at radius 1 is 1.25 bits per heavy atom. The van der Waals surface area contributed by atoms with Gasteiger partial charge in [0.15, 0.2) is 0 Å². The fraction of sp³-hybridized carbons (Fsp3) is 0.929. The number of hydrogen-bond donors (Lipinski definition) is 0. The van der Waals surface area contributed by atoms with E-state index in [4.69, 9.17) is 4.74 Å². The first-order valence-electron chi connectivity index (χ1n) is 6.90. The minimum absolute atomic E-state index is 0.320. The Bertz CT molecular complexity index is 237. The van der Waals surface area contributed by atoms with Crippen LogP contribution in [0, 0.1) is 11.8 Å². The fourth-order valence-corrected chi connectivity index (χ4v) is 3.10. The van der Waals surface area contributed by atoms with Gasteiger partial charge < -0.3 is 4.74 Å². The van der Waals surface area contributed by atoms with Crippen LogP contribution in [0.15, 0.2) is 0 Å². The van der Waals surface area contributed by atoms with Crippen molar-refractivity contribution < 1.29 is 9.53 Å². The molecule has 92 valence electrons. The standard InChI is InChI=1S/C14H24O2/c1-11-4-2-6-13(10-11)16-9-8-12-5-3-7-14(12)15/h11-13H,2-10H2,1H3. The summed E-state index contributed by atoms with van der Waals surface area (Å²) >= 11 is 0. The van der Waals surface area contributed by atoms with Gasteiger partial charge in [0, 0.05) is 18.9 Å². The molecule has 3 atom stereocenters. The van der Waals surface area contributed by atoms with Crippen LogP contribution in [-0.4, -0.2) is 18.5 Å². The van der Waals surface area contributed by atoms with Gasteiger partial charge in [0.05, 0.1) is 6.10 Å². The van der Waals surface area contributed by atoms with Gasteiger partial charge in [-0.2, -0.15) is 0 Å². The number of ketones is 1. The first-order valence-corrected chi connectivity index (χ1v) is 6.90. The highest BCUT2D eigenvalue weighted by molar-refractivity contribution is 5.82. The number of carbonyl (C=O) groups excluding carboxylic acids is 1. The van der Waals surface area contributed by atoms with E-state index in [0.717, 1.165) is 38.2 Å². The van der Waals surface area contributed by atoms with Crippen LogP contribution in [0.2, 0.25) is 0 Å². The maximum absolute atomic E-state index is 11.5. The molecule has 0 spiro atoms. The highest BCUT2D eigenvalue weighted by atomic mass is 16.5. The van der Waals surface area contributed by atoms with Gasteiger partial charge in [0.25, 0.3) is 0 Å². The Morgan fingerprint density at radius 3 is 2.81 bits per heavy atom. The van der Waals surface area contributed by atoms with Crippen molar-refractivity contribution in [2.24, 2.45) is 11.8 Å². The monoisotopic (exact) mass is 224 g/mol. The average molecular weight is 224 g/mol. The van der Waals surface area contributed by atoms with E-state index in [1.54, 1.807) is 0 Å². The third-order valence-corrected chi connectivity index (χ3v) is 4.14. The highest BCUT2D eigenvalue weighted by Gasteiger charge is 2.25. The van der Waals surface area contributed by atoms with E-state index < -0.39 is 0 Å². The van der Waals surface area contributed by atoms with Crippen molar-refractivity contribution in [1.29, 1.82) is 0 Å². The van der Waals surface area contributed by atoms with Crippen LogP contribution >= 0.6 is 0 Å². The van der Waals surface area contributed by atoms with E-state index in [2.05, 4.69) is 6.92 Å². The lowest BCUT2D eigenvalue weighted by atomic mass is 9.89. The molecule has 2 aliphatic rings. The largest absolute Gasteiger partial charge is 0.378 e. The van der Waals surface area contributed by atoms with Gasteiger partial charge in [-0.1, -0.05) is 19.8 Å². The lowest BCUT2D eigenvalue weighted by Gasteiger charge is -2.27. The van der Waals surface area contributed by atoms with Gasteiger partial charge in [0.2, 0.25) is 0 Å². The second kappa shape index (κ2) is 5.81. The molecule has 2 fully saturated rings. The number of Topliss-reactive ketones (excluding diaryl/α,β-unsaturated/α-hetero) is 1. The summed E-state index contributed by atoms with van der Waals surface area (Å²) in [7, 11) is 0. The van der Waals surface area contributed by atoms with Crippen LogP contribution in [0.4, 0.5) is 0 Å². The normalized spacial score (nSPS) is 35.6. The molecule has 3 unspecified atom stereocenters. The van der Waals surface area contributed by atoms with Crippen molar-refractivity contribution in [3.05, 3.63) is 0 Å². The molecule has 0 aliphatic heterocycles. The molecule has 0 N–H and O–H groups in total. The van der Waals surface area contributed by atoms with Crippen molar-refractivity contribution in [3.8, 4) is 0 Å². The minimum Gasteiger partial charge on any atom is -0.378 e. The zero-order valence-electron chi connectivity index (χ0n) is 10.4. The molecule has 0 radical (unpaired) electrons. The smallest absolute Gasteiger partial charge is 0.136 e. The van der Waals surface area contributed by atoms with Crippen LogP contribution < -0.4 is 0 Å². The van der Waals surface area contributed by atoms with Gasteiger partial charge in [-0.15, -0.1) is 0 Å². The van der Waals surface area contributed by atoms with Gasteiger partial charge in [-0.05, 0) is 38.0 Å². The predicted molar refractivity (Wildman–Crippen MR) is 64.3 cm³/mol. The van der Waals surface area contributed by atoms with Gasteiger partial charge in [-0.3, -0.25) is 4.79 Å². The second-order valence-electron chi connectivity index (χ2n) is 5.61. The van der Waals surface area contributed by atoms with Crippen LogP contribution in [0.25, 0.3) is 0 Å². The van der Waals surface area contributed by atoms with Crippen LogP contribution in [0.1, 0.15) is 58.3 Å². The molecule has 2 heteroatoms. The van der Waals surface area contributed by atoms with Crippen LogP contribution in [0.3, 0.4) is 0 Å².